The molecule has 80 valence electrons. The molecule has 2 atom stereocenters. The van der Waals surface area contributed by atoms with Crippen molar-refractivity contribution in [2.75, 3.05) is 0 Å². The molecule has 1 aromatic carbocycles. The summed E-state index contributed by atoms with van der Waals surface area (Å²) >= 11 is 0. The van der Waals surface area contributed by atoms with Crippen molar-refractivity contribution >= 4 is 0 Å². The van der Waals surface area contributed by atoms with Crippen molar-refractivity contribution in [3.8, 4) is 5.75 Å². The number of hydrogen-bond donors (Lipinski definition) is 1. The minimum absolute atomic E-state index is 0.435. The fraction of sp³-hybridized carbons (Fsp3) is 0.571. The van der Waals surface area contributed by atoms with Crippen LogP contribution >= 0.6 is 0 Å². The van der Waals surface area contributed by atoms with Crippen LogP contribution in [0, 0.1) is 5.92 Å². The van der Waals surface area contributed by atoms with Gasteiger partial charge in [-0.3, -0.25) is 0 Å². The minimum atomic E-state index is 0.435. The van der Waals surface area contributed by atoms with Crippen molar-refractivity contribution in [1.29, 1.82) is 0 Å². The zero-order chi connectivity index (χ0) is 10.5. The zero-order valence-corrected chi connectivity index (χ0v) is 9.29. The van der Waals surface area contributed by atoms with Gasteiger partial charge in [-0.15, -0.1) is 0 Å². The summed E-state index contributed by atoms with van der Waals surface area (Å²) in [6.45, 7) is 2.35. The third kappa shape index (κ3) is 1.29. The largest absolute Gasteiger partial charge is 0.508 e. The standard InChI is InChI=1S/C14H18O/c1-10-9-14(10)7-3-2-4-11-5-6-12(15)8-13(11)14/h5-6,8,10,15H,2-4,7,9H2,1H3/t10-,14+/m1/s1. The highest BCUT2D eigenvalue weighted by molar-refractivity contribution is 5.45. The van der Waals surface area contributed by atoms with Gasteiger partial charge < -0.3 is 5.11 Å². The first-order valence-corrected chi connectivity index (χ1v) is 6.05. The number of aromatic hydroxyl groups is 1. The molecular formula is C14H18O. The van der Waals surface area contributed by atoms with Gasteiger partial charge in [0.15, 0.2) is 0 Å². The molecule has 2 aliphatic carbocycles. The van der Waals surface area contributed by atoms with E-state index >= 15 is 0 Å². The van der Waals surface area contributed by atoms with Crippen molar-refractivity contribution in [2.45, 2.75) is 44.4 Å². The summed E-state index contributed by atoms with van der Waals surface area (Å²) in [5, 5.41) is 9.63. The number of phenols is 1. The van der Waals surface area contributed by atoms with Gasteiger partial charge in [0, 0.05) is 0 Å². The van der Waals surface area contributed by atoms with Crippen molar-refractivity contribution < 1.29 is 5.11 Å². The Bertz CT molecular complexity index is 396. The predicted octanol–water partition coefficient (Wildman–Crippen LogP) is 3.40. The van der Waals surface area contributed by atoms with E-state index in [-0.39, 0.29) is 0 Å². The van der Waals surface area contributed by atoms with Gasteiger partial charge in [0.1, 0.15) is 5.75 Å². The molecule has 1 nitrogen and oxygen atoms in total. The van der Waals surface area contributed by atoms with Crippen LogP contribution in [0.4, 0.5) is 0 Å². The van der Waals surface area contributed by atoms with Gasteiger partial charge in [-0.1, -0.05) is 19.4 Å². The molecule has 0 unspecified atom stereocenters. The van der Waals surface area contributed by atoms with E-state index in [1.165, 1.54) is 43.2 Å². The summed E-state index contributed by atoms with van der Waals surface area (Å²) < 4.78 is 0. The number of benzene rings is 1. The zero-order valence-electron chi connectivity index (χ0n) is 9.29. The monoisotopic (exact) mass is 202 g/mol. The molecule has 3 rings (SSSR count). The van der Waals surface area contributed by atoms with Gasteiger partial charge in [-0.05, 0) is 60.3 Å². The van der Waals surface area contributed by atoms with E-state index in [1.807, 2.05) is 12.1 Å². The highest BCUT2D eigenvalue weighted by Crippen LogP contribution is 2.59. The van der Waals surface area contributed by atoms with Gasteiger partial charge >= 0.3 is 0 Å². The topological polar surface area (TPSA) is 20.2 Å². The average Bonchev–Trinajstić information content (AvgIpc) is 2.90. The van der Waals surface area contributed by atoms with E-state index < -0.39 is 0 Å². The molecule has 0 amide bonds. The molecule has 0 aromatic heterocycles. The highest BCUT2D eigenvalue weighted by Gasteiger charge is 2.52. The van der Waals surface area contributed by atoms with Crippen LogP contribution in [-0.4, -0.2) is 5.11 Å². The molecule has 1 fully saturated rings. The van der Waals surface area contributed by atoms with Gasteiger partial charge in [0.2, 0.25) is 0 Å². The van der Waals surface area contributed by atoms with E-state index in [0.29, 0.717) is 11.2 Å². The van der Waals surface area contributed by atoms with Crippen LogP contribution < -0.4 is 0 Å². The van der Waals surface area contributed by atoms with Crippen molar-refractivity contribution in [3.63, 3.8) is 0 Å². The predicted molar refractivity (Wildman–Crippen MR) is 61.1 cm³/mol. The third-order valence-electron chi connectivity index (χ3n) is 4.40. The van der Waals surface area contributed by atoms with Crippen LogP contribution in [-0.2, 0) is 11.8 Å². The van der Waals surface area contributed by atoms with Crippen molar-refractivity contribution in [2.24, 2.45) is 5.92 Å². The first-order chi connectivity index (χ1) is 7.22. The Morgan fingerprint density at radius 3 is 2.87 bits per heavy atom. The average molecular weight is 202 g/mol. The normalized spacial score (nSPS) is 33.5. The molecule has 0 aliphatic heterocycles. The van der Waals surface area contributed by atoms with E-state index in [0.717, 1.165) is 5.92 Å². The first-order valence-electron chi connectivity index (χ1n) is 6.05. The maximum Gasteiger partial charge on any atom is 0.115 e. The van der Waals surface area contributed by atoms with E-state index in [9.17, 15) is 5.11 Å². The Balaban J connectivity index is 2.12. The summed E-state index contributed by atoms with van der Waals surface area (Å²) in [4.78, 5) is 0. The van der Waals surface area contributed by atoms with Crippen molar-refractivity contribution in [3.05, 3.63) is 29.3 Å². The number of aryl methyl sites for hydroxylation is 1. The van der Waals surface area contributed by atoms with E-state index in [1.54, 1.807) is 0 Å². The lowest BCUT2D eigenvalue weighted by atomic mass is 9.87. The van der Waals surface area contributed by atoms with Crippen LogP contribution in [0.5, 0.6) is 5.75 Å². The third-order valence-corrected chi connectivity index (χ3v) is 4.40. The fourth-order valence-corrected chi connectivity index (χ4v) is 3.35. The lowest BCUT2D eigenvalue weighted by Crippen LogP contribution is -2.09. The smallest absolute Gasteiger partial charge is 0.115 e. The van der Waals surface area contributed by atoms with Crippen LogP contribution in [0.1, 0.15) is 43.7 Å². The Hall–Kier alpha value is -0.980. The summed E-state index contributed by atoms with van der Waals surface area (Å²) in [5.41, 5.74) is 3.37. The molecule has 0 heterocycles. The van der Waals surface area contributed by atoms with E-state index in [2.05, 4.69) is 13.0 Å². The highest BCUT2D eigenvalue weighted by atomic mass is 16.3. The minimum Gasteiger partial charge on any atom is -0.508 e. The van der Waals surface area contributed by atoms with Crippen LogP contribution in [0.3, 0.4) is 0 Å². The van der Waals surface area contributed by atoms with Gasteiger partial charge in [0.25, 0.3) is 0 Å². The molecule has 15 heavy (non-hydrogen) atoms. The molecule has 1 N–H and O–H groups in total. The van der Waals surface area contributed by atoms with Gasteiger partial charge in [0.05, 0.1) is 0 Å². The lowest BCUT2D eigenvalue weighted by molar-refractivity contribution is 0.471. The summed E-state index contributed by atoms with van der Waals surface area (Å²) in [6.07, 6.45) is 6.50. The molecule has 0 bridgehead atoms. The number of hydrogen-bond acceptors (Lipinski definition) is 1. The van der Waals surface area contributed by atoms with E-state index in [4.69, 9.17) is 0 Å². The number of rotatable bonds is 0. The second-order valence-electron chi connectivity index (χ2n) is 5.31. The summed E-state index contributed by atoms with van der Waals surface area (Å²) in [6, 6.07) is 5.98. The molecule has 1 spiro atoms. The van der Waals surface area contributed by atoms with Crippen LogP contribution in [0.15, 0.2) is 18.2 Å². The maximum atomic E-state index is 9.63. The molecule has 0 saturated heterocycles. The first kappa shape index (κ1) is 9.26. The molecule has 0 radical (unpaired) electrons. The van der Waals surface area contributed by atoms with Gasteiger partial charge in [-0.2, -0.15) is 0 Å². The summed E-state index contributed by atoms with van der Waals surface area (Å²) in [5.74, 6) is 1.25. The van der Waals surface area contributed by atoms with Gasteiger partial charge in [-0.25, -0.2) is 0 Å². The molecule has 2 aliphatic rings. The summed E-state index contributed by atoms with van der Waals surface area (Å²) in [7, 11) is 0. The SMILES string of the molecule is C[C@@H]1C[C@@]12CCCCc1ccc(O)cc12. The van der Waals surface area contributed by atoms with Crippen LogP contribution in [0.25, 0.3) is 0 Å². The Kier molecular flexibility index (Phi) is 1.86. The lowest BCUT2D eigenvalue weighted by Gasteiger charge is -2.17. The molecule has 1 aromatic rings. The van der Waals surface area contributed by atoms with Crippen molar-refractivity contribution in [1.82, 2.24) is 0 Å². The number of phenolic OH excluding ortho intramolecular Hbond substituents is 1. The Labute approximate surface area is 91.1 Å². The molecular weight excluding hydrogens is 184 g/mol. The molecule has 1 heteroatoms. The second kappa shape index (κ2) is 3.01. The quantitative estimate of drug-likeness (QED) is 0.683. The second-order valence-corrected chi connectivity index (χ2v) is 5.31. The maximum absolute atomic E-state index is 9.63. The number of fused-ring (bicyclic) bond motifs is 2. The fourth-order valence-electron chi connectivity index (χ4n) is 3.35. The Morgan fingerprint density at radius 2 is 2.13 bits per heavy atom. The molecule has 1 saturated carbocycles. The Morgan fingerprint density at radius 1 is 1.33 bits per heavy atom. The van der Waals surface area contributed by atoms with Crippen LogP contribution in [0.2, 0.25) is 0 Å².